The standard InChI is InChI=1S/C22H26N2O2/c1-16-12-20(19-8-7-10-23-15-19)13-17(2)22(16)25-11-6-4-5-9-21-14-18(3)24-26-21/h7-8,10,12-15H,4-6,9,11H2,1-3H3. The van der Waals surface area contributed by atoms with Gasteiger partial charge in [-0.1, -0.05) is 11.2 Å². The highest BCUT2D eigenvalue weighted by Crippen LogP contribution is 2.30. The van der Waals surface area contributed by atoms with Crippen LogP contribution in [0.5, 0.6) is 5.75 Å². The van der Waals surface area contributed by atoms with Gasteiger partial charge in [-0.25, -0.2) is 0 Å². The van der Waals surface area contributed by atoms with E-state index in [2.05, 4.69) is 42.2 Å². The van der Waals surface area contributed by atoms with Crippen molar-refractivity contribution < 1.29 is 9.26 Å². The minimum atomic E-state index is 0.739. The lowest BCUT2D eigenvalue weighted by Crippen LogP contribution is -2.01. The number of nitrogens with zero attached hydrogens (tertiary/aromatic N) is 2. The SMILES string of the molecule is Cc1cc(CCCCCOc2c(C)cc(-c3cccnc3)cc2C)on1. The second-order valence-corrected chi connectivity index (χ2v) is 6.77. The van der Waals surface area contributed by atoms with Gasteiger partial charge in [0.15, 0.2) is 0 Å². The molecule has 4 heteroatoms. The Morgan fingerprint density at radius 3 is 2.42 bits per heavy atom. The van der Waals surface area contributed by atoms with Gasteiger partial charge < -0.3 is 9.26 Å². The van der Waals surface area contributed by atoms with E-state index in [-0.39, 0.29) is 0 Å². The molecule has 0 saturated carbocycles. The van der Waals surface area contributed by atoms with Crippen molar-refractivity contribution >= 4 is 0 Å². The summed E-state index contributed by atoms with van der Waals surface area (Å²) in [5.41, 5.74) is 5.60. The lowest BCUT2D eigenvalue weighted by atomic mass is 10.0. The summed E-state index contributed by atoms with van der Waals surface area (Å²) in [5.74, 6) is 1.98. The largest absolute Gasteiger partial charge is 0.493 e. The van der Waals surface area contributed by atoms with Gasteiger partial charge in [0.25, 0.3) is 0 Å². The zero-order valence-corrected chi connectivity index (χ0v) is 15.8. The van der Waals surface area contributed by atoms with Crippen LogP contribution in [0.3, 0.4) is 0 Å². The summed E-state index contributed by atoms with van der Waals surface area (Å²) < 4.78 is 11.3. The third-order valence-corrected chi connectivity index (χ3v) is 4.45. The number of rotatable bonds is 8. The second-order valence-electron chi connectivity index (χ2n) is 6.77. The zero-order valence-electron chi connectivity index (χ0n) is 15.8. The van der Waals surface area contributed by atoms with E-state index in [4.69, 9.17) is 9.26 Å². The predicted molar refractivity (Wildman–Crippen MR) is 103 cm³/mol. The summed E-state index contributed by atoms with van der Waals surface area (Å²) in [4.78, 5) is 4.20. The average molecular weight is 350 g/mol. The van der Waals surface area contributed by atoms with E-state index < -0.39 is 0 Å². The van der Waals surface area contributed by atoms with E-state index in [0.717, 1.165) is 55.1 Å². The van der Waals surface area contributed by atoms with Crippen molar-refractivity contribution in [3.63, 3.8) is 0 Å². The molecule has 2 heterocycles. The number of ether oxygens (including phenoxy) is 1. The summed E-state index contributed by atoms with van der Waals surface area (Å²) in [6.45, 7) is 6.90. The molecule has 4 nitrogen and oxygen atoms in total. The topological polar surface area (TPSA) is 48.2 Å². The molecule has 0 bridgehead atoms. The highest BCUT2D eigenvalue weighted by Gasteiger charge is 2.08. The number of aromatic nitrogens is 2. The van der Waals surface area contributed by atoms with Gasteiger partial charge in [0, 0.05) is 30.4 Å². The fourth-order valence-electron chi connectivity index (χ4n) is 3.16. The molecular weight excluding hydrogens is 324 g/mol. The highest BCUT2D eigenvalue weighted by atomic mass is 16.5. The van der Waals surface area contributed by atoms with Crippen LogP contribution < -0.4 is 4.74 Å². The number of pyridine rings is 1. The van der Waals surface area contributed by atoms with Gasteiger partial charge in [-0.15, -0.1) is 0 Å². The van der Waals surface area contributed by atoms with Gasteiger partial charge in [-0.05, 0) is 74.9 Å². The van der Waals surface area contributed by atoms with Crippen molar-refractivity contribution in [2.24, 2.45) is 0 Å². The van der Waals surface area contributed by atoms with Crippen LogP contribution in [0.1, 0.15) is 41.8 Å². The van der Waals surface area contributed by atoms with Gasteiger partial charge in [0.2, 0.25) is 0 Å². The van der Waals surface area contributed by atoms with Gasteiger partial charge in [-0.3, -0.25) is 4.98 Å². The van der Waals surface area contributed by atoms with Crippen LogP contribution in [0.25, 0.3) is 11.1 Å². The Morgan fingerprint density at radius 2 is 1.77 bits per heavy atom. The Hall–Kier alpha value is -2.62. The Balaban J connectivity index is 1.49. The zero-order chi connectivity index (χ0) is 18.4. The number of benzene rings is 1. The van der Waals surface area contributed by atoms with Gasteiger partial charge >= 0.3 is 0 Å². The normalized spacial score (nSPS) is 10.9. The van der Waals surface area contributed by atoms with Crippen molar-refractivity contribution in [1.82, 2.24) is 10.1 Å². The highest BCUT2D eigenvalue weighted by molar-refractivity contribution is 5.66. The monoisotopic (exact) mass is 350 g/mol. The molecule has 3 aromatic rings. The quantitative estimate of drug-likeness (QED) is 0.507. The third-order valence-electron chi connectivity index (χ3n) is 4.45. The fourth-order valence-corrected chi connectivity index (χ4v) is 3.16. The van der Waals surface area contributed by atoms with Crippen molar-refractivity contribution in [1.29, 1.82) is 0 Å². The predicted octanol–water partition coefficient (Wildman–Crippen LogP) is 5.45. The number of hydrogen-bond donors (Lipinski definition) is 0. The number of unbranched alkanes of at least 4 members (excludes halogenated alkanes) is 2. The van der Waals surface area contributed by atoms with Crippen LogP contribution in [0, 0.1) is 20.8 Å². The molecule has 136 valence electrons. The molecule has 0 radical (unpaired) electrons. The molecule has 0 aliphatic carbocycles. The maximum atomic E-state index is 6.06. The summed E-state index contributed by atoms with van der Waals surface area (Å²) in [6.07, 6.45) is 7.88. The van der Waals surface area contributed by atoms with Crippen molar-refractivity contribution in [2.75, 3.05) is 6.61 Å². The maximum absolute atomic E-state index is 6.06. The van der Waals surface area contributed by atoms with Gasteiger partial charge in [0.05, 0.1) is 12.3 Å². The van der Waals surface area contributed by atoms with Crippen LogP contribution in [-0.4, -0.2) is 16.7 Å². The molecule has 0 aliphatic heterocycles. The Bertz CT molecular complexity index is 817. The Labute approximate surface area is 155 Å². The van der Waals surface area contributed by atoms with E-state index in [9.17, 15) is 0 Å². The first kappa shape index (κ1) is 18.2. The van der Waals surface area contributed by atoms with Gasteiger partial charge in [-0.2, -0.15) is 0 Å². The molecule has 0 unspecified atom stereocenters. The summed E-state index contributed by atoms with van der Waals surface area (Å²) in [7, 11) is 0. The lowest BCUT2D eigenvalue weighted by molar-refractivity contribution is 0.299. The van der Waals surface area contributed by atoms with E-state index >= 15 is 0 Å². The smallest absolute Gasteiger partial charge is 0.136 e. The van der Waals surface area contributed by atoms with Crippen molar-refractivity contribution in [3.05, 3.63) is 65.3 Å². The van der Waals surface area contributed by atoms with E-state index in [1.807, 2.05) is 25.3 Å². The van der Waals surface area contributed by atoms with E-state index in [1.54, 1.807) is 6.20 Å². The lowest BCUT2D eigenvalue weighted by Gasteiger charge is -2.14. The maximum Gasteiger partial charge on any atom is 0.136 e. The van der Waals surface area contributed by atoms with Crippen LogP contribution in [0.15, 0.2) is 47.2 Å². The molecule has 0 atom stereocenters. The summed E-state index contributed by atoms with van der Waals surface area (Å²) >= 11 is 0. The molecule has 3 rings (SSSR count). The van der Waals surface area contributed by atoms with Crippen LogP contribution in [0.2, 0.25) is 0 Å². The second kappa shape index (κ2) is 8.65. The molecule has 26 heavy (non-hydrogen) atoms. The summed E-state index contributed by atoms with van der Waals surface area (Å²) in [6, 6.07) is 10.4. The van der Waals surface area contributed by atoms with Crippen molar-refractivity contribution in [2.45, 2.75) is 46.5 Å². The molecule has 1 aromatic carbocycles. The molecular formula is C22H26N2O2. The first-order valence-electron chi connectivity index (χ1n) is 9.20. The van der Waals surface area contributed by atoms with Crippen molar-refractivity contribution in [3.8, 4) is 16.9 Å². The molecule has 0 fully saturated rings. The summed E-state index contributed by atoms with van der Waals surface area (Å²) in [5, 5.41) is 3.92. The third kappa shape index (κ3) is 4.72. The minimum Gasteiger partial charge on any atom is -0.493 e. The Morgan fingerprint density at radius 1 is 0.962 bits per heavy atom. The van der Waals surface area contributed by atoms with E-state index in [1.165, 1.54) is 16.7 Å². The molecule has 0 aliphatic rings. The first-order chi connectivity index (χ1) is 12.6. The number of hydrogen-bond acceptors (Lipinski definition) is 4. The molecule has 0 N–H and O–H groups in total. The molecule has 2 aromatic heterocycles. The first-order valence-corrected chi connectivity index (χ1v) is 9.20. The minimum absolute atomic E-state index is 0.739. The van der Waals surface area contributed by atoms with Gasteiger partial charge in [0.1, 0.15) is 11.5 Å². The molecule has 0 saturated heterocycles. The van der Waals surface area contributed by atoms with Crippen LogP contribution in [0.4, 0.5) is 0 Å². The Kier molecular flexibility index (Phi) is 6.05. The fraction of sp³-hybridized carbons (Fsp3) is 0.364. The van der Waals surface area contributed by atoms with E-state index in [0.29, 0.717) is 0 Å². The average Bonchev–Trinajstić information content (AvgIpc) is 3.05. The molecule has 0 amide bonds. The van der Waals surface area contributed by atoms with Crippen LogP contribution >= 0.6 is 0 Å². The number of aryl methyl sites for hydroxylation is 4. The van der Waals surface area contributed by atoms with Crippen LogP contribution in [-0.2, 0) is 6.42 Å². The molecule has 0 spiro atoms.